The monoisotopic (exact) mass is 216 g/mol. The van der Waals surface area contributed by atoms with E-state index in [4.69, 9.17) is 17.3 Å². The highest BCUT2D eigenvalue weighted by Gasteiger charge is 2.15. The predicted octanol–water partition coefficient (Wildman–Crippen LogP) is 3.21. The molecule has 0 aliphatic rings. The highest BCUT2D eigenvalue weighted by molar-refractivity contribution is 8.00. The minimum absolute atomic E-state index is 0.136. The Hall–Kier alpha value is -0.410. The third kappa shape index (κ3) is 3.08. The number of pyridine rings is 1. The molecule has 0 spiro atoms. The van der Waals surface area contributed by atoms with E-state index in [0.717, 1.165) is 4.90 Å². The fourth-order valence-corrected chi connectivity index (χ4v) is 2.06. The lowest BCUT2D eigenvalue weighted by molar-refractivity contribution is 0.803. The highest BCUT2D eigenvalue weighted by Crippen LogP contribution is 2.37. The lowest BCUT2D eigenvalue weighted by atomic mass is 10.3. The molecule has 0 aliphatic carbocycles. The van der Waals surface area contributed by atoms with Gasteiger partial charge in [-0.05, 0) is 6.07 Å². The van der Waals surface area contributed by atoms with Crippen molar-refractivity contribution in [2.24, 2.45) is 0 Å². The highest BCUT2D eigenvalue weighted by atomic mass is 35.5. The summed E-state index contributed by atoms with van der Waals surface area (Å²) in [7, 11) is 0. The third-order valence-corrected chi connectivity index (χ3v) is 2.98. The zero-order valence-electron chi connectivity index (χ0n) is 7.97. The number of thioether (sulfide) groups is 1. The van der Waals surface area contributed by atoms with Crippen LogP contribution in [0.3, 0.4) is 0 Å². The molecule has 4 heteroatoms. The summed E-state index contributed by atoms with van der Waals surface area (Å²) in [6, 6.07) is 1.88. The Bertz CT molecular complexity index is 307. The molecule has 0 amide bonds. The number of halogens is 1. The summed E-state index contributed by atoms with van der Waals surface area (Å²) in [5.41, 5.74) is 5.58. The molecule has 13 heavy (non-hydrogen) atoms. The Labute approximate surface area is 87.9 Å². The molecular formula is C9H13ClN2S. The van der Waals surface area contributed by atoms with E-state index in [0.29, 0.717) is 10.8 Å². The van der Waals surface area contributed by atoms with Crippen LogP contribution in [0.25, 0.3) is 0 Å². The Kier molecular flexibility index (Phi) is 3.09. The van der Waals surface area contributed by atoms with Gasteiger partial charge in [-0.25, -0.2) is 4.98 Å². The first-order valence-electron chi connectivity index (χ1n) is 3.99. The minimum Gasteiger partial charge on any atom is -0.382 e. The zero-order valence-corrected chi connectivity index (χ0v) is 9.54. The van der Waals surface area contributed by atoms with E-state index in [9.17, 15) is 0 Å². The topological polar surface area (TPSA) is 38.9 Å². The van der Waals surface area contributed by atoms with Crippen molar-refractivity contribution in [2.75, 3.05) is 5.73 Å². The van der Waals surface area contributed by atoms with Gasteiger partial charge < -0.3 is 5.73 Å². The number of hydrogen-bond donors (Lipinski definition) is 1. The van der Waals surface area contributed by atoms with Crippen LogP contribution in [0, 0.1) is 0 Å². The zero-order chi connectivity index (χ0) is 10.1. The Morgan fingerprint density at radius 3 is 2.62 bits per heavy atom. The first kappa shape index (κ1) is 10.7. The maximum atomic E-state index is 5.99. The van der Waals surface area contributed by atoms with E-state index in [1.807, 2.05) is 6.07 Å². The molecular weight excluding hydrogens is 204 g/mol. The van der Waals surface area contributed by atoms with Gasteiger partial charge in [-0.15, -0.1) is 11.8 Å². The Morgan fingerprint density at radius 1 is 1.46 bits per heavy atom. The number of aromatic nitrogens is 1. The molecule has 0 aliphatic heterocycles. The molecule has 2 N–H and O–H groups in total. The van der Waals surface area contributed by atoms with Crippen LogP contribution in [-0.4, -0.2) is 9.73 Å². The average molecular weight is 217 g/mol. The molecule has 0 saturated carbocycles. The SMILES string of the molecule is CC(C)(C)Sc1ccnc(N)c1Cl. The van der Waals surface area contributed by atoms with Crippen LogP contribution >= 0.6 is 23.4 Å². The lowest BCUT2D eigenvalue weighted by Gasteiger charge is -2.18. The minimum atomic E-state index is 0.136. The van der Waals surface area contributed by atoms with Crippen LogP contribution in [0.2, 0.25) is 5.02 Å². The van der Waals surface area contributed by atoms with Gasteiger partial charge in [0.15, 0.2) is 0 Å². The van der Waals surface area contributed by atoms with Crippen LogP contribution in [0.4, 0.5) is 5.82 Å². The van der Waals surface area contributed by atoms with Crippen LogP contribution in [0.5, 0.6) is 0 Å². The van der Waals surface area contributed by atoms with Gasteiger partial charge in [0, 0.05) is 15.8 Å². The Balaban J connectivity index is 2.96. The van der Waals surface area contributed by atoms with E-state index < -0.39 is 0 Å². The van der Waals surface area contributed by atoms with Crippen molar-refractivity contribution in [3.05, 3.63) is 17.3 Å². The molecule has 1 aromatic heterocycles. The smallest absolute Gasteiger partial charge is 0.143 e. The van der Waals surface area contributed by atoms with Gasteiger partial charge in [-0.3, -0.25) is 0 Å². The largest absolute Gasteiger partial charge is 0.382 e. The summed E-state index contributed by atoms with van der Waals surface area (Å²) in [4.78, 5) is 4.89. The Morgan fingerprint density at radius 2 is 2.08 bits per heavy atom. The summed E-state index contributed by atoms with van der Waals surface area (Å²) in [6.45, 7) is 6.39. The van der Waals surface area contributed by atoms with Crippen molar-refractivity contribution >= 4 is 29.2 Å². The number of hydrogen-bond acceptors (Lipinski definition) is 3. The van der Waals surface area contributed by atoms with Gasteiger partial charge in [0.05, 0.1) is 5.02 Å². The van der Waals surface area contributed by atoms with E-state index >= 15 is 0 Å². The van der Waals surface area contributed by atoms with Gasteiger partial charge in [0.2, 0.25) is 0 Å². The molecule has 0 atom stereocenters. The van der Waals surface area contributed by atoms with Crippen LogP contribution in [-0.2, 0) is 0 Å². The van der Waals surface area contributed by atoms with Gasteiger partial charge >= 0.3 is 0 Å². The average Bonchev–Trinajstić information content (AvgIpc) is 1.96. The van der Waals surface area contributed by atoms with Gasteiger partial charge in [-0.1, -0.05) is 32.4 Å². The molecule has 1 rings (SSSR count). The lowest BCUT2D eigenvalue weighted by Crippen LogP contribution is -2.07. The maximum absolute atomic E-state index is 5.99. The summed E-state index contributed by atoms with van der Waals surface area (Å²) >= 11 is 7.68. The summed E-state index contributed by atoms with van der Waals surface area (Å²) in [6.07, 6.45) is 1.68. The maximum Gasteiger partial charge on any atom is 0.143 e. The molecule has 1 heterocycles. The molecule has 0 saturated heterocycles. The van der Waals surface area contributed by atoms with Gasteiger partial charge in [0.25, 0.3) is 0 Å². The number of nitrogens with two attached hydrogens (primary N) is 1. The molecule has 0 bridgehead atoms. The van der Waals surface area contributed by atoms with E-state index in [1.165, 1.54) is 0 Å². The van der Waals surface area contributed by atoms with Crippen LogP contribution in [0.1, 0.15) is 20.8 Å². The first-order valence-corrected chi connectivity index (χ1v) is 5.18. The van der Waals surface area contributed by atoms with Gasteiger partial charge in [0.1, 0.15) is 5.82 Å². The molecule has 0 radical (unpaired) electrons. The second-order valence-electron chi connectivity index (χ2n) is 3.72. The predicted molar refractivity (Wildman–Crippen MR) is 59.3 cm³/mol. The van der Waals surface area contributed by atoms with Crippen molar-refractivity contribution in [3.63, 3.8) is 0 Å². The molecule has 0 fully saturated rings. The van der Waals surface area contributed by atoms with Crippen molar-refractivity contribution in [1.29, 1.82) is 0 Å². The first-order chi connectivity index (χ1) is 5.90. The van der Waals surface area contributed by atoms with E-state index in [1.54, 1.807) is 18.0 Å². The van der Waals surface area contributed by atoms with Crippen molar-refractivity contribution < 1.29 is 0 Å². The number of anilines is 1. The molecule has 0 aromatic carbocycles. The molecule has 72 valence electrons. The summed E-state index contributed by atoms with van der Waals surface area (Å²) in [5.74, 6) is 0.399. The van der Waals surface area contributed by atoms with Crippen molar-refractivity contribution in [3.8, 4) is 0 Å². The third-order valence-electron chi connectivity index (χ3n) is 1.30. The molecule has 0 unspecified atom stereocenters. The standard InChI is InChI=1S/C9H13ClN2S/c1-9(2,3)13-6-4-5-12-8(11)7(6)10/h4-5H,1-3H3,(H2,11,12). The fraction of sp³-hybridized carbons (Fsp3) is 0.444. The second kappa shape index (κ2) is 3.76. The van der Waals surface area contributed by atoms with Crippen LogP contribution < -0.4 is 5.73 Å². The fourth-order valence-electron chi connectivity index (χ4n) is 0.850. The van der Waals surface area contributed by atoms with Crippen molar-refractivity contribution in [2.45, 2.75) is 30.4 Å². The van der Waals surface area contributed by atoms with Crippen LogP contribution in [0.15, 0.2) is 17.2 Å². The van der Waals surface area contributed by atoms with Crippen molar-refractivity contribution in [1.82, 2.24) is 4.98 Å². The number of nitrogens with zero attached hydrogens (tertiary/aromatic N) is 1. The molecule has 1 aromatic rings. The van der Waals surface area contributed by atoms with E-state index in [2.05, 4.69) is 25.8 Å². The number of nitrogen functional groups attached to an aromatic ring is 1. The quantitative estimate of drug-likeness (QED) is 0.733. The summed E-state index contributed by atoms with van der Waals surface area (Å²) < 4.78 is 0.136. The summed E-state index contributed by atoms with van der Waals surface area (Å²) in [5, 5.41) is 0.558. The van der Waals surface area contributed by atoms with E-state index in [-0.39, 0.29) is 4.75 Å². The normalized spacial score (nSPS) is 11.7. The number of rotatable bonds is 1. The molecule has 2 nitrogen and oxygen atoms in total. The second-order valence-corrected chi connectivity index (χ2v) is 5.97. The van der Waals surface area contributed by atoms with Gasteiger partial charge in [-0.2, -0.15) is 0 Å².